The normalized spacial score (nSPS) is 29.6. The number of hydrogen-bond acceptors (Lipinski definition) is 2. The highest BCUT2D eigenvalue weighted by atomic mass is 15.1. The van der Waals surface area contributed by atoms with E-state index in [0.717, 1.165) is 18.4 Å². The minimum atomic E-state index is 0.829. The molecule has 0 amide bonds. The Morgan fingerprint density at radius 3 is 2.83 bits per heavy atom. The average Bonchev–Trinajstić information content (AvgIpc) is 2.37. The van der Waals surface area contributed by atoms with Gasteiger partial charge in [-0.15, -0.1) is 6.58 Å². The zero-order valence-electron chi connectivity index (χ0n) is 8.21. The van der Waals surface area contributed by atoms with Gasteiger partial charge in [-0.3, -0.25) is 0 Å². The molecular formula is C10H20N2. The van der Waals surface area contributed by atoms with Crippen LogP contribution >= 0.6 is 0 Å². The van der Waals surface area contributed by atoms with Crippen LogP contribution in [0.15, 0.2) is 12.7 Å². The summed E-state index contributed by atoms with van der Waals surface area (Å²) in [5.41, 5.74) is 0. The summed E-state index contributed by atoms with van der Waals surface area (Å²) >= 11 is 0. The molecule has 1 saturated heterocycles. The van der Waals surface area contributed by atoms with E-state index in [1.165, 1.54) is 19.6 Å². The summed E-state index contributed by atoms with van der Waals surface area (Å²) in [4.78, 5) is 2.33. The predicted octanol–water partition coefficient (Wildman–Crippen LogP) is 0.960. The number of nitrogens with one attached hydrogen (secondary N) is 1. The van der Waals surface area contributed by atoms with Crippen LogP contribution < -0.4 is 5.32 Å². The lowest BCUT2D eigenvalue weighted by molar-refractivity contribution is 0.279. The number of rotatable bonds is 4. The topological polar surface area (TPSA) is 15.3 Å². The fourth-order valence-corrected chi connectivity index (χ4v) is 1.80. The maximum absolute atomic E-state index is 3.74. The highest BCUT2D eigenvalue weighted by Gasteiger charge is 2.23. The van der Waals surface area contributed by atoms with Crippen molar-refractivity contribution in [1.82, 2.24) is 10.2 Å². The predicted molar refractivity (Wildman–Crippen MR) is 53.2 cm³/mol. The third kappa shape index (κ3) is 2.61. The molecule has 0 saturated carbocycles. The van der Waals surface area contributed by atoms with Crippen molar-refractivity contribution < 1.29 is 0 Å². The molecule has 1 fully saturated rings. The summed E-state index contributed by atoms with van der Waals surface area (Å²) in [7, 11) is 2.16. The molecule has 0 aromatic rings. The molecule has 1 rings (SSSR count). The summed E-state index contributed by atoms with van der Waals surface area (Å²) in [6.45, 7) is 10.6. The first kappa shape index (κ1) is 9.75. The first-order valence-electron chi connectivity index (χ1n) is 4.74. The third-order valence-corrected chi connectivity index (χ3v) is 2.66. The zero-order chi connectivity index (χ0) is 8.97. The Kier molecular flexibility index (Phi) is 3.76. The van der Waals surface area contributed by atoms with Crippen molar-refractivity contribution in [3.8, 4) is 0 Å². The monoisotopic (exact) mass is 168 g/mol. The van der Waals surface area contributed by atoms with Gasteiger partial charge in [0.25, 0.3) is 0 Å². The Labute approximate surface area is 75.6 Å². The summed E-state index contributed by atoms with van der Waals surface area (Å²) in [6, 6.07) is 0. The molecule has 12 heavy (non-hydrogen) atoms. The molecule has 1 aliphatic rings. The summed E-state index contributed by atoms with van der Waals surface area (Å²) in [5.74, 6) is 1.66. The highest BCUT2D eigenvalue weighted by Crippen LogP contribution is 2.16. The van der Waals surface area contributed by atoms with Crippen LogP contribution in [0.25, 0.3) is 0 Å². The molecule has 1 N–H and O–H groups in total. The third-order valence-electron chi connectivity index (χ3n) is 2.66. The molecule has 70 valence electrons. The minimum absolute atomic E-state index is 0.829. The van der Waals surface area contributed by atoms with Crippen molar-refractivity contribution in [2.24, 2.45) is 11.8 Å². The van der Waals surface area contributed by atoms with Gasteiger partial charge in [0.15, 0.2) is 0 Å². The summed E-state index contributed by atoms with van der Waals surface area (Å²) in [5, 5.41) is 3.42. The molecule has 2 unspecified atom stereocenters. The largest absolute Gasteiger partial charge is 0.316 e. The van der Waals surface area contributed by atoms with E-state index < -0.39 is 0 Å². The lowest BCUT2D eigenvalue weighted by Gasteiger charge is -2.21. The Bertz CT molecular complexity index is 145. The van der Waals surface area contributed by atoms with Crippen LogP contribution in [0.2, 0.25) is 0 Å². The molecule has 0 aliphatic carbocycles. The Morgan fingerprint density at radius 2 is 2.33 bits per heavy atom. The number of likely N-dealkylation sites (N-methyl/N-ethyl adjacent to an activating group) is 1. The molecule has 1 aliphatic heterocycles. The first-order chi connectivity index (χ1) is 5.74. The Morgan fingerprint density at radius 1 is 1.58 bits per heavy atom. The Balaban J connectivity index is 2.24. The second kappa shape index (κ2) is 4.63. The molecule has 0 aromatic heterocycles. The van der Waals surface area contributed by atoms with Crippen LogP contribution in [0, 0.1) is 11.8 Å². The average molecular weight is 168 g/mol. The van der Waals surface area contributed by atoms with Crippen molar-refractivity contribution >= 4 is 0 Å². The molecule has 0 spiro atoms. The van der Waals surface area contributed by atoms with Gasteiger partial charge >= 0.3 is 0 Å². The van der Waals surface area contributed by atoms with E-state index in [9.17, 15) is 0 Å². The van der Waals surface area contributed by atoms with Gasteiger partial charge in [-0.2, -0.15) is 0 Å². The molecule has 0 radical (unpaired) electrons. The zero-order valence-corrected chi connectivity index (χ0v) is 8.21. The standard InChI is InChI=1S/C10H20N2/c1-4-5-12(3)8-10-7-11-6-9(10)2/h4,9-11H,1,5-8H2,2-3H3. The summed E-state index contributed by atoms with van der Waals surface area (Å²) < 4.78 is 0. The van der Waals surface area contributed by atoms with Gasteiger partial charge in [0.05, 0.1) is 0 Å². The van der Waals surface area contributed by atoms with Crippen LogP contribution in [-0.4, -0.2) is 38.1 Å². The quantitative estimate of drug-likeness (QED) is 0.629. The fourth-order valence-electron chi connectivity index (χ4n) is 1.80. The van der Waals surface area contributed by atoms with E-state index in [-0.39, 0.29) is 0 Å². The second-order valence-corrected chi connectivity index (χ2v) is 3.91. The van der Waals surface area contributed by atoms with Gasteiger partial charge in [-0.1, -0.05) is 13.0 Å². The SMILES string of the molecule is C=CCN(C)CC1CNCC1C. The molecule has 2 nitrogen and oxygen atoms in total. The molecule has 0 bridgehead atoms. The fraction of sp³-hybridized carbons (Fsp3) is 0.800. The lowest BCUT2D eigenvalue weighted by atomic mass is 9.98. The molecule has 0 aromatic carbocycles. The van der Waals surface area contributed by atoms with E-state index in [1.807, 2.05) is 6.08 Å². The molecule has 2 heteroatoms. The van der Waals surface area contributed by atoms with Crippen molar-refractivity contribution in [3.05, 3.63) is 12.7 Å². The van der Waals surface area contributed by atoms with E-state index in [0.29, 0.717) is 0 Å². The van der Waals surface area contributed by atoms with Crippen LogP contribution in [0.1, 0.15) is 6.92 Å². The number of hydrogen-bond donors (Lipinski definition) is 1. The minimum Gasteiger partial charge on any atom is -0.316 e. The van der Waals surface area contributed by atoms with E-state index in [4.69, 9.17) is 0 Å². The smallest absolute Gasteiger partial charge is 0.0157 e. The van der Waals surface area contributed by atoms with Crippen LogP contribution in [-0.2, 0) is 0 Å². The first-order valence-corrected chi connectivity index (χ1v) is 4.74. The molecule has 2 atom stereocenters. The van der Waals surface area contributed by atoms with E-state index in [1.54, 1.807) is 0 Å². The van der Waals surface area contributed by atoms with Gasteiger partial charge < -0.3 is 10.2 Å². The van der Waals surface area contributed by atoms with Gasteiger partial charge in [-0.25, -0.2) is 0 Å². The molecular weight excluding hydrogens is 148 g/mol. The number of nitrogens with zero attached hydrogens (tertiary/aromatic N) is 1. The highest BCUT2D eigenvalue weighted by molar-refractivity contribution is 4.81. The second-order valence-electron chi connectivity index (χ2n) is 3.91. The van der Waals surface area contributed by atoms with E-state index >= 15 is 0 Å². The van der Waals surface area contributed by atoms with Crippen LogP contribution in [0.5, 0.6) is 0 Å². The maximum Gasteiger partial charge on any atom is 0.0157 e. The van der Waals surface area contributed by atoms with Gasteiger partial charge in [0.1, 0.15) is 0 Å². The van der Waals surface area contributed by atoms with Gasteiger partial charge in [0, 0.05) is 13.1 Å². The van der Waals surface area contributed by atoms with Crippen LogP contribution in [0.3, 0.4) is 0 Å². The summed E-state index contributed by atoms with van der Waals surface area (Å²) in [6.07, 6.45) is 1.97. The van der Waals surface area contributed by atoms with Crippen molar-refractivity contribution in [2.45, 2.75) is 6.92 Å². The van der Waals surface area contributed by atoms with Crippen molar-refractivity contribution in [1.29, 1.82) is 0 Å². The van der Waals surface area contributed by atoms with E-state index in [2.05, 4.69) is 30.8 Å². The van der Waals surface area contributed by atoms with Gasteiger partial charge in [0.2, 0.25) is 0 Å². The molecule has 1 heterocycles. The maximum atomic E-state index is 3.74. The van der Waals surface area contributed by atoms with Crippen molar-refractivity contribution in [2.75, 3.05) is 33.2 Å². The Hall–Kier alpha value is -0.340. The van der Waals surface area contributed by atoms with Crippen LogP contribution in [0.4, 0.5) is 0 Å². The lowest BCUT2D eigenvalue weighted by Crippen LogP contribution is -2.29. The van der Waals surface area contributed by atoms with Gasteiger partial charge in [-0.05, 0) is 32.0 Å². The van der Waals surface area contributed by atoms with Crippen molar-refractivity contribution in [3.63, 3.8) is 0 Å².